The second kappa shape index (κ2) is 8.90. The van der Waals surface area contributed by atoms with Gasteiger partial charge in [0.05, 0.1) is 12.1 Å². The van der Waals surface area contributed by atoms with Crippen LogP contribution >= 0.6 is 0 Å². The van der Waals surface area contributed by atoms with Crippen molar-refractivity contribution in [3.8, 4) is 0 Å². The van der Waals surface area contributed by atoms with Crippen molar-refractivity contribution < 1.29 is 9.59 Å². The molecule has 1 heterocycles. The van der Waals surface area contributed by atoms with Crippen LogP contribution in [-0.2, 0) is 4.79 Å². The van der Waals surface area contributed by atoms with E-state index in [1.54, 1.807) is 0 Å². The van der Waals surface area contributed by atoms with Crippen LogP contribution in [0.15, 0.2) is 54.6 Å². The predicted molar refractivity (Wildman–Crippen MR) is 125 cm³/mol. The Hall–Kier alpha value is -3.18. The molecule has 0 bridgehead atoms. The first-order chi connectivity index (χ1) is 15.0. The Bertz CT molecular complexity index is 1130. The average Bonchev–Trinajstić information content (AvgIpc) is 3.30. The highest BCUT2D eigenvalue weighted by Crippen LogP contribution is 2.27. The lowest BCUT2D eigenvalue weighted by molar-refractivity contribution is -0.117. The second-order valence-corrected chi connectivity index (χ2v) is 8.33. The molecule has 0 aromatic heterocycles. The molecule has 0 spiro atoms. The van der Waals surface area contributed by atoms with Crippen molar-refractivity contribution in [2.75, 3.05) is 11.9 Å². The molecule has 31 heavy (non-hydrogen) atoms. The van der Waals surface area contributed by atoms with Gasteiger partial charge in [-0.05, 0) is 73.7 Å². The molecule has 0 unspecified atom stereocenters. The number of carbonyl (C=O) groups excluding carboxylic acids is 2. The Kier molecular flexibility index (Phi) is 6.05. The summed E-state index contributed by atoms with van der Waals surface area (Å²) >= 11 is 0. The van der Waals surface area contributed by atoms with Gasteiger partial charge in [0.15, 0.2) is 0 Å². The molecule has 2 amide bonds. The maximum atomic E-state index is 13.3. The van der Waals surface area contributed by atoms with E-state index in [0.717, 1.165) is 46.8 Å². The SMILES string of the molecule is Cc1ccc(NC(=O)[C@@H]2CCCN2)c(C)c1C(=O)N[C@H](C)c1cccc2ccccc12. The predicted octanol–water partition coefficient (Wildman–Crippen LogP) is 4.64. The van der Waals surface area contributed by atoms with Gasteiger partial charge in [0.25, 0.3) is 5.91 Å². The molecule has 3 N–H and O–H groups in total. The number of amides is 2. The normalized spacial score (nSPS) is 16.8. The van der Waals surface area contributed by atoms with Crippen LogP contribution in [0.3, 0.4) is 0 Å². The lowest BCUT2D eigenvalue weighted by atomic mass is 9.97. The number of aryl methyl sites for hydroxylation is 1. The minimum Gasteiger partial charge on any atom is -0.345 e. The van der Waals surface area contributed by atoms with Crippen LogP contribution in [0.4, 0.5) is 5.69 Å². The minimum absolute atomic E-state index is 0.0417. The Morgan fingerprint density at radius 1 is 1.03 bits per heavy atom. The number of hydrogen-bond donors (Lipinski definition) is 3. The minimum atomic E-state index is -0.163. The lowest BCUT2D eigenvalue weighted by Gasteiger charge is -2.20. The first-order valence-electron chi connectivity index (χ1n) is 10.9. The molecule has 4 rings (SSSR count). The molecule has 5 nitrogen and oxygen atoms in total. The van der Waals surface area contributed by atoms with Crippen molar-refractivity contribution in [1.82, 2.24) is 10.6 Å². The zero-order valence-corrected chi connectivity index (χ0v) is 18.3. The Labute approximate surface area is 183 Å². The van der Waals surface area contributed by atoms with Crippen LogP contribution in [0.25, 0.3) is 10.8 Å². The summed E-state index contributed by atoms with van der Waals surface area (Å²) in [6, 6.07) is 17.8. The number of benzene rings is 3. The summed E-state index contributed by atoms with van der Waals surface area (Å²) in [4.78, 5) is 25.8. The molecule has 2 atom stereocenters. The van der Waals surface area contributed by atoms with E-state index in [0.29, 0.717) is 11.3 Å². The molecular formula is C26H29N3O2. The fourth-order valence-electron chi connectivity index (χ4n) is 4.43. The second-order valence-electron chi connectivity index (χ2n) is 8.33. The van der Waals surface area contributed by atoms with Crippen LogP contribution < -0.4 is 16.0 Å². The summed E-state index contributed by atoms with van der Waals surface area (Å²) in [5.41, 5.74) is 4.06. The zero-order chi connectivity index (χ0) is 22.0. The van der Waals surface area contributed by atoms with Crippen LogP contribution in [0, 0.1) is 13.8 Å². The van der Waals surface area contributed by atoms with Gasteiger partial charge in [-0.1, -0.05) is 48.5 Å². The topological polar surface area (TPSA) is 70.2 Å². The van der Waals surface area contributed by atoms with Gasteiger partial charge in [0.2, 0.25) is 5.91 Å². The summed E-state index contributed by atoms with van der Waals surface area (Å²) in [6.45, 7) is 6.68. The number of fused-ring (bicyclic) bond motifs is 1. The largest absolute Gasteiger partial charge is 0.345 e. The van der Waals surface area contributed by atoms with E-state index in [1.807, 2.05) is 51.1 Å². The van der Waals surface area contributed by atoms with Crippen LogP contribution in [0.1, 0.15) is 52.9 Å². The van der Waals surface area contributed by atoms with Crippen molar-refractivity contribution in [2.24, 2.45) is 0 Å². The monoisotopic (exact) mass is 415 g/mol. The third kappa shape index (κ3) is 4.32. The molecule has 0 saturated carbocycles. The summed E-state index contributed by atoms with van der Waals surface area (Å²) in [6.07, 6.45) is 1.84. The van der Waals surface area contributed by atoms with Crippen molar-refractivity contribution in [3.63, 3.8) is 0 Å². The summed E-state index contributed by atoms with van der Waals surface area (Å²) in [5, 5.41) is 11.7. The number of rotatable bonds is 5. The summed E-state index contributed by atoms with van der Waals surface area (Å²) in [7, 11) is 0. The number of anilines is 1. The van der Waals surface area contributed by atoms with Gasteiger partial charge in [0.1, 0.15) is 0 Å². The van der Waals surface area contributed by atoms with E-state index in [4.69, 9.17) is 0 Å². The smallest absolute Gasteiger partial charge is 0.252 e. The van der Waals surface area contributed by atoms with Crippen molar-refractivity contribution in [2.45, 2.75) is 45.7 Å². The standard InChI is InChI=1S/C26H29N3O2/c1-16-13-14-22(29-25(30)23-12-7-15-27-23)17(2)24(16)26(31)28-18(3)20-11-6-9-19-8-4-5-10-21(19)20/h4-6,8-11,13-14,18,23,27H,7,12,15H2,1-3H3,(H,28,31)(H,29,30)/t18-,23+/m1/s1. The lowest BCUT2D eigenvalue weighted by Crippen LogP contribution is -2.36. The quantitative estimate of drug-likeness (QED) is 0.569. The summed E-state index contributed by atoms with van der Waals surface area (Å²) in [5.74, 6) is -0.176. The molecule has 3 aromatic carbocycles. The zero-order valence-electron chi connectivity index (χ0n) is 18.3. The first-order valence-corrected chi connectivity index (χ1v) is 10.9. The van der Waals surface area contributed by atoms with Crippen molar-refractivity contribution in [1.29, 1.82) is 0 Å². The highest BCUT2D eigenvalue weighted by molar-refractivity contribution is 6.02. The van der Waals surface area contributed by atoms with E-state index in [2.05, 4.69) is 40.2 Å². The number of nitrogens with one attached hydrogen (secondary N) is 3. The molecule has 160 valence electrons. The van der Waals surface area contributed by atoms with Crippen LogP contribution in [0.5, 0.6) is 0 Å². The van der Waals surface area contributed by atoms with E-state index >= 15 is 0 Å². The van der Waals surface area contributed by atoms with E-state index in [-0.39, 0.29) is 23.9 Å². The van der Waals surface area contributed by atoms with Crippen molar-refractivity contribution >= 4 is 28.3 Å². The Balaban J connectivity index is 1.57. The fourth-order valence-corrected chi connectivity index (χ4v) is 4.43. The van der Waals surface area contributed by atoms with Gasteiger partial charge in [-0.2, -0.15) is 0 Å². The Morgan fingerprint density at radius 3 is 2.58 bits per heavy atom. The van der Waals surface area contributed by atoms with Crippen molar-refractivity contribution in [3.05, 3.63) is 76.9 Å². The van der Waals surface area contributed by atoms with Crippen LogP contribution in [0.2, 0.25) is 0 Å². The molecule has 1 saturated heterocycles. The van der Waals surface area contributed by atoms with E-state index in [9.17, 15) is 9.59 Å². The summed E-state index contributed by atoms with van der Waals surface area (Å²) < 4.78 is 0. The Morgan fingerprint density at radius 2 is 1.81 bits per heavy atom. The number of hydrogen-bond acceptors (Lipinski definition) is 3. The highest BCUT2D eigenvalue weighted by Gasteiger charge is 2.24. The third-order valence-corrected chi connectivity index (χ3v) is 6.17. The molecule has 0 radical (unpaired) electrons. The van der Waals surface area contributed by atoms with Gasteiger partial charge < -0.3 is 16.0 Å². The van der Waals surface area contributed by atoms with Gasteiger partial charge in [0, 0.05) is 11.3 Å². The van der Waals surface area contributed by atoms with E-state index < -0.39 is 0 Å². The molecule has 1 aliphatic rings. The van der Waals surface area contributed by atoms with Crippen LogP contribution in [-0.4, -0.2) is 24.4 Å². The molecular weight excluding hydrogens is 386 g/mol. The molecule has 1 fully saturated rings. The van der Waals surface area contributed by atoms with Gasteiger partial charge in [-0.15, -0.1) is 0 Å². The molecule has 5 heteroatoms. The molecule has 3 aromatic rings. The first kappa shape index (κ1) is 21.1. The third-order valence-electron chi connectivity index (χ3n) is 6.17. The fraction of sp³-hybridized carbons (Fsp3) is 0.308. The van der Waals surface area contributed by atoms with E-state index in [1.165, 1.54) is 0 Å². The number of carbonyl (C=O) groups is 2. The van der Waals surface area contributed by atoms with Gasteiger partial charge in [-0.3, -0.25) is 9.59 Å². The average molecular weight is 416 g/mol. The van der Waals surface area contributed by atoms with Gasteiger partial charge in [-0.25, -0.2) is 0 Å². The maximum Gasteiger partial charge on any atom is 0.252 e. The molecule has 0 aliphatic carbocycles. The van der Waals surface area contributed by atoms with Gasteiger partial charge >= 0.3 is 0 Å². The maximum absolute atomic E-state index is 13.3. The molecule has 1 aliphatic heterocycles. The highest BCUT2D eigenvalue weighted by atomic mass is 16.2.